The maximum atomic E-state index is 13.3. The maximum Gasteiger partial charge on any atom is 0.274 e. The summed E-state index contributed by atoms with van der Waals surface area (Å²) in [5.74, 6) is -1.14. The van der Waals surface area contributed by atoms with Crippen molar-refractivity contribution >= 4 is 11.8 Å². The van der Waals surface area contributed by atoms with Crippen molar-refractivity contribution in [1.82, 2.24) is 14.9 Å². The van der Waals surface area contributed by atoms with Crippen LogP contribution in [0.15, 0.2) is 12.4 Å². The van der Waals surface area contributed by atoms with E-state index in [1.807, 2.05) is 0 Å². The molecule has 86 heavy (non-hydrogen) atoms. The zero-order valence-corrected chi connectivity index (χ0v) is 51.6. The van der Waals surface area contributed by atoms with E-state index >= 15 is 0 Å². The Morgan fingerprint density at radius 3 is 0.733 bits per heavy atom. The van der Waals surface area contributed by atoms with Gasteiger partial charge in [-0.3, -0.25) is 9.59 Å². The van der Waals surface area contributed by atoms with E-state index in [0.29, 0.717) is 238 Å². The van der Waals surface area contributed by atoms with Crippen molar-refractivity contribution < 1.29 is 124 Å². The third kappa shape index (κ3) is 60.0. The zero-order chi connectivity index (χ0) is 61.6. The molecule has 30 heteroatoms. The molecule has 1 heterocycles. The highest BCUT2D eigenvalue weighted by Crippen LogP contribution is 2.04. The summed E-state index contributed by atoms with van der Waals surface area (Å²) >= 11 is 0. The first kappa shape index (κ1) is 81.1. The molecule has 2 N–H and O–H groups in total. The van der Waals surface area contributed by atoms with Gasteiger partial charge in [-0.05, 0) is 38.5 Å². The number of ether oxygens (including phenoxy) is 20. The van der Waals surface area contributed by atoms with Crippen LogP contribution in [0.3, 0.4) is 0 Å². The summed E-state index contributed by atoms with van der Waals surface area (Å²) in [5, 5.41) is 0. The quantitative estimate of drug-likeness (QED) is 0.0420. The van der Waals surface area contributed by atoms with Crippen molar-refractivity contribution in [2.45, 2.75) is 38.5 Å². The van der Waals surface area contributed by atoms with Gasteiger partial charge in [-0.25, -0.2) is 29.5 Å². The number of hydrogen-bond acceptors (Lipinski definition) is 28. The fourth-order valence-electron chi connectivity index (χ4n) is 6.57. The molecular weight excluding hydrogens is 1140 g/mol. The Kier molecular flexibility index (Phi) is 65.5. The Morgan fingerprint density at radius 1 is 0.302 bits per heavy atom. The van der Waals surface area contributed by atoms with E-state index in [1.165, 1.54) is 31.5 Å². The van der Waals surface area contributed by atoms with Crippen LogP contribution in [-0.2, 0) is 114 Å². The normalized spacial score (nSPS) is 11.6. The number of nitrogens with two attached hydrogens (primary N) is 1. The van der Waals surface area contributed by atoms with Gasteiger partial charge in [0.25, 0.3) is 11.8 Å². The summed E-state index contributed by atoms with van der Waals surface area (Å²) in [6, 6.07) is 0. The summed E-state index contributed by atoms with van der Waals surface area (Å²) in [6.45, 7) is 18.3. The SMILES string of the molecule is COOCOCCCCCOCCOCCOCCOCCOCCOCCOCCOCCOCCN(CCOCCOCCOCCOCCOCCOCCOCCOCCOCCCCCOCOOC)C(=O)c1cnc(C(N)=O)cn1. The summed E-state index contributed by atoms with van der Waals surface area (Å²) in [5.41, 5.74) is 5.29. The van der Waals surface area contributed by atoms with Gasteiger partial charge in [-0.1, -0.05) is 0 Å². The fourth-order valence-corrected chi connectivity index (χ4v) is 6.57. The van der Waals surface area contributed by atoms with Gasteiger partial charge in [0.15, 0.2) is 13.6 Å². The molecule has 0 spiro atoms. The van der Waals surface area contributed by atoms with Crippen LogP contribution in [0.1, 0.15) is 59.5 Å². The van der Waals surface area contributed by atoms with Crippen molar-refractivity contribution in [3.05, 3.63) is 23.8 Å². The van der Waals surface area contributed by atoms with Crippen molar-refractivity contribution in [3.8, 4) is 0 Å². The van der Waals surface area contributed by atoms with E-state index in [1.54, 1.807) is 0 Å². The molecule has 1 aromatic heterocycles. The van der Waals surface area contributed by atoms with Crippen LogP contribution in [0, 0.1) is 0 Å². The van der Waals surface area contributed by atoms with Gasteiger partial charge in [0.1, 0.15) is 11.4 Å². The molecule has 0 radical (unpaired) electrons. The van der Waals surface area contributed by atoms with Crippen molar-refractivity contribution in [3.63, 3.8) is 0 Å². The highest BCUT2D eigenvalue weighted by Gasteiger charge is 2.18. The number of primary amides is 1. The first-order chi connectivity index (χ1) is 42.6. The Morgan fingerprint density at radius 2 is 0.512 bits per heavy atom. The molecule has 0 bridgehead atoms. The third-order valence-corrected chi connectivity index (χ3v) is 11.0. The number of carbonyl (C=O) groups excluding carboxylic acids is 2. The predicted octanol–water partition coefficient (Wildman–Crippen LogP) is 1.76. The lowest BCUT2D eigenvalue weighted by molar-refractivity contribution is -0.318. The fraction of sp³-hybridized carbons (Fsp3) is 0.893. The lowest BCUT2D eigenvalue weighted by Crippen LogP contribution is -2.37. The lowest BCUT2D eigenvalue weighted by Gasteiger charge is -2.22. The lowest BCUT2D eigenvalue weighted by atomic mass is 10.2. The molecular formula is C56H106N4O26. The third-order valence-electron chi connectivity index (χ3n) is 11.0. The minimum atomic E-state index is -0.743. The highest BCUT2D eigenvalue weighted by atomic mass is 17.2. The molecule has 0 fully saturated rings. The van der Waals surface area contributed by atoms with Gasteiger partial charge in [-0.15, -0.1) is 0 Å². The van der Waals surface area contributed by atoms with Crippen LogP contribution in [-0.4, -0.2) is 319 Å². The number of amides is 2. The van der Waals surface area contributed by atoms with Gasteiger partial charge in [0, 0.05) is 39.5 Å². The van der Waals surface area contributed by atoms with Crippen molar-refractivity contribution in [1.29, 1.82) is 0 Å². The van der Waals surface area contributed by atoms with Gasteiger partial charge in [-0.2, -0.15) is 0 Å². The number of unbranched alkanes of at least 4 members (excludes halogenated alkanes) is 4. The minimum absolute atomic E-state index is 0.0456. The first-order valence-corrected chi connectivity index (χ1v) is 29.9. The molecule has 0 atom stereocenters. The molecule has 0 saturated heterocycles. The molecule has 30 nitrogen and oxygen atoms in total. The zero-order valence-electron chi connectivity index (χ0n) is 51.6. The van der Waals surface area contributed by atoms with Crippen LogP contribution in [0.2, 0.25) is 0 Å². The molecule has 1 rings (SSSR count). The smallest absolute Gasteiger partial charge is 0.274 e. The average Bonchev–Trinajstić information content (AvgIpc) is 3.63. The van der Waals surface area contributed by atoms with Crippen molar-refractivity contribution in [2.24, 2.45) is 5.73 Å². The van der Waals surface area contributed by atoms with Gasteiger partial charge in [0.2, 0.25) is 0 Å². The predicted molar refractivity (Wildman–Crippen MR) is 307 cm³/mol. The van der Waals surface area contributed by atoms with Gasteiger partial charge < -0.3 is 105 Å². The summed E-state index contributed by atoms with van der Waals surface area (Å²) in [6.07, 6.45) is 8.27. The van der Waals surface area contributed by atoms with Gasteiger partial charge >= 0.3 is 0 Å². The van der Waals surface area contributed by atoms with E-state index in [-0.39, 0.29) is 51.3 Å². The topological polar surface area (TPSA) is 311 Å². The summed E-state index contributed by atoms with van der Waals surface area (Å²) in [4.78, 5) is 52.5. The van der Waals surface area contributed by atoms with Crippen LogP contribution < -0.4 is 5.73 Å². The molecule has 0 aromatic carbocycles. The van der Waals surface area contributed by atoms with E-state index < -0.39 is 11.8 Å². The molecule has 0 unspecified atom stereocenters. The second-order valence-corrected chi connectivity index (χ2v) is 17.7. The Bertz CT molecular complexity index is 1450. The number of rotatable bonds is 74. The summed E-state index contributed by atoms with van der Waals surface area (Å²) < 4.78 is 111. The van der Waals surface area contributed by atoms with Crippen LogP contribution in [0.4, 0.5) is 0 Å². The molecule has 0 aliphatic rings. The molecule has 0 saturated carbocycles. The number of carbonyl (C=O) groups is 2. The second kappa shape index (κ2) is 69.5. The first-order valence-electron chi connectivity index (χ1n) is 29.9. The Balaban J connectivity index is 1.92. The van der Waals surface area contributed by atoms with Crippen LogP contribution >= 0.6 is 0 Å². The number of hydrogen-bond donors (Lipinski definition) is 1. The minimum Gasteiger partial charge on any atom is -0.379 e. The van der Waals surface area contributed by atoms with Gasteiger partial charge in [0.05, 0.1) is 251 Å². The van der Waals surface area contributed by atoms with E-state index in [9.17, 15) is 9.59 Å². The Labute approximate surface area is 509 Å². The monoisotopic (exact) mass is 1250 g/mol. The molecule has 2 amide bonds. The number of nitrogens with zero attached hydrogens (tertiary/aromatic N) is 3. The number of aromatic nitrogens is 2. The maximum absolute atomic E-state index is 13.3. The highest BCUT2D eigenvalue weighted by molar-refractivity contribution is 5.93. The van der Waals surface area contributed by atoms with Crippen LogP contribution in [0.5, 0.6) is 0 Å². The molecule has 0 aliphatic carbocycles. The van der Waals surface area contributed by atoms with E-state index in [2.05, 4.69) is 29.5 Å². The largest absolute Gasteiger partial charge is 0.379 e. The Hall–Kier alpha value is -2.94. The molecule has 1 aromatic rings. The average molecular weight is 1250 g/mol. The van der Waals surface area contributed by atoms with Crippen molar-refractivity contribution in [2.75, 3.05) is 292 Å². The molecule has 0 aliphatic heterocycles. The summed E-state index contributed by atoms with van der Waals surface area (Å²) in [7, 11) is 2.89. The van der Waals surface area contributed by atoms with E-state index in [0.717, 1.165) is 38.5 Å². The van der Waals surface area contributed by atoms with E-state index in [4.69, 9.17) is 100 Å². The van der Waals surface area contributed by atoms with Crippen LogP contribution in [0.25, 0.3) is 0 Å². The second-order valence-electron chi connectivity index (χ2n) is 17.7. The molecule has 506 valence electrons. The standard InChI is InChI=1S/C56H106N4O26/c1-63-85-51-83-13-7-3-5-11-65-17-21-69-25-29-73-33-37-77-41-45-81-47-43-79-39-35-75-31-27-71-23-19-67-15-9-60(56(62)54-50-58-53(49-59-54)55(57)61)10-16-68-20-24-72-28-32-76-36-40-80-44-48-82-46-42-78-38-34-74-30-26-70-22-18-66-12-6-4-8-14-84-52-86-64-2/h49-50H,3-48,51-52H2,1-2H3,(H2,57,61).